The highest BCUT2D eigenvalue weighted by atomic mass is 14.9. The Morgan fingerprint density at radius 3 is 2.18 bits per heavy atom. The first-order valence-corrected chi connectivity index (χ1v) is 8.03. The summed E-state index contributed by atoms with van der Waals surface area (Å²) in [5.41, 5.74) is 0. The molecule has 102 valence electrons. The van der Waals surface area contributed by atoms with Crippen LogP contribution in [0.25, 0.3) is 0 Å². The highest BCUT2D eigenvalue weighted by Crippen LogP contribution is 2.30. The van der Waals surface area contributed by atoms with Gasteiger partial charge in [0.05, 0.1) is 0 Å². The van der Waals surface area contributed by atoms with Crippen LogP contribution in [0.4, 0.5) is 0 Å². The van der Waals surface area contributed by atoms with Gasteiger partial charge in [-0.1, -0.05) is 52.9 Å². The minimum atomic E-state index is 0.777. The molecule has 0 bridgehead atoms. The predicted octanol–water partition coefficient (Wildman–Crippen LogP) is 4.76. The predicted molar refractivity (Wildman–Crippen MR) is 77.3 cm³/mol. The second-order valence-electron chi connectivity index (χ2n) is 5.95. The molecule has 1 aliphatic carbocycles. The van der Waals surface area contributed by atoms with Crippen molar-refractivity contribution in [2.45, 2.75) is 84.6 Å². The third-order valence-corrected chi connectivity index (χ3v) is 4.64. The summed E-state index contributed by atoms with van der Waals surface area (Å²) in [7, 11) is 0. The quantitative estimate of drug-likeness (QED) is 0.644. The maximum absolute atomic E-state index is 3.81. The van der Waals surface area contributed by atoms with E-state index >= 15 is 0 Å². The van der Waals surface area contributed by atoms with Gasteiger partial charge in [0.15, 0.2) is 0 Å². The van der Waals surface area contributed by atoms with E-state index in [2.05, 4.69) is 26.1 Å². The van der Waals surface area contributed by atoms with E-state index in [-0.39, 0.29) is 0 Å². The fourth-order valence-corrected chi connectivity index (χ4v) is 3.08. The molecule has 0 aliphatic heterocycles. The van der Waals surface area contributed by atoms with E-state index in [0.717, 1.165) is 17.9 Å². The molecule has 0 spiro atoms. The topological polar surface area (TPSA) is 12.0 Å². The van der Waals surface area contributed by atoms with E-state index in [1.807, 2.05) is 0 Å². The molecule has 1 saturated carbocycles. The van der Waals surface area contributed by atoms with Gasteiger partial charge in [-0.05, 0) is 44.1 Å². The Balaban J connectivity index is 2.12. The minimum absolute atomic E-state index is 0.777. The zero-order valence-corrected chi connectivity index (χ0v) is 12.3. The molecular weight excluding hydrogens is 206 g/mol. The van der Waals surface area contributed by atoms with Crippen LogP contribution < -0.4 is 5.32 Å². The normalized spacial score (nSPS) is 27.0. The Labute approximate surface area is 109 Å². The summed E-state index contributed by atoms with van der Waals surface area (Å²) in [6.07, 6.45) is 12.7. The first-order valence-electron chi connectivity index (χ1n) is 8.03. The lowest BCUT2D eigenvalue weighted by Crippen LogP contribution is -2.34. The molecule has 1 unspecified atom stereocenters. The zero-order valence-electron chi connectivity index (χ0n) is 12.3. The van der Waals surface area contributed by atoms with Crippen molar-refractivity contribution in [3.63, 3.8) is 0 Å². The Morgan fingerprint density at radius 1 is 1.00 bits per heavy atom. The van der Waals surface area contributed by atoms with Gasteiger partial charge in [0.2, 0.25) is 0 Å². The molecule has 1 rings (SSSR count). The lowest BCUT2D eigenvalue weighted by atomic mass is 9.81. The molecule has 1 atom stereocenters. The maximum Gasteiger partial charge on any atom is 0.00645 e. The maximum atomic E-state index is 3.81. The Kier molecular flexibility index (Phi) is 7.92. The first kappa shape index (κ1) is 15.0. The molecular formula is C16H33N. The van der Waals surface area contributed by atoms with Crippen molar-refractivity contribution in [3.05, 3.63) is 0 Å². The van der Waals surface area contributed by atoms with E-state index in [4.69, 9.17) is 0 Å². The number of rotatable bonds is 8. The molecule has 0 radical (unpaired) electrons. The zero-order chi connectivity index (χ0) is 12.5. The van der Waals surface area contributed by atoms with Gasteiger partial charge in [0, 0.05) is 6.04 Å². The summed E-state index contributed by atoms with van der Waals surface area (Å²) in [5.74, 6) is 2.00. The fraction of sp³-hybridized carbons (Fsp3) is 1.00. The lowest BCUT2D eigenvalue weighted by Gasteiger charge is -2.29. The second kappa shape index (κ2) is 8.97. The van der Waals surface area contributed by atoms with Crippen molar-refractivity contribution in [2.24, 2.45) is 11.8 Å². The molecule has 1 heteroatoms. The molecule has 0 aromatic heterocycles. The smallest absolute Gasteiger partial charge is 0.00645 e. The van der Waals surface area contributed by atoms with Crippen LogP contribution >= 0.6 is 0 Å². The van der Waals surface area contributed by atoms with E-state index < -0.39 is 0 Å². The Bertz CT molecular complexity index is 170. The largest absolute Gasteiger partial charge is 0.314 e. The molecule has 1 fully saturated rings. The highest BCUT2D eigenvalue weighted by Gasteiger charge is 2.20. The molecule has 0 heterocycles. The van der Waals surface area contributed by atoms with Gasteiger partial charge in [0.25, 0.3) is 0 Å². The van der Waals surface area contributed by atoms with Crippen molar-refractivity contribution in [1.82, 2.24) is 5.32 Å². The molecule has 0 aromatic rings. The van der Waals surface area contributed by atoms with Crippen molar-refractivity contribution in [1.29, 1.82) is 0 Å². The van der Waals surface area contributed by atoms with Gasteiger partial charge in [-0.2, -0.15) is 0 Å². The SMILES string of the molecule is CCCCC(CC)NCC1CCC(CC)CC1. The van der Waals surface area contributed by atoms with Gasteiger partial charge in [-0.25, -0.2) is 0 Å². The van der Waals surface area contributed by atoms with Crippen molar-refractivity contribution in [2.75, 3.05) is 6.54 Å². The summed E-state index contributed by atoms with van der Waals surface area (Å²) in [4.78, 5) is 0. The minimum Gasteiger partial charge on any atom is -0.314 e. The van der Waals surface area contributed by atoms with Gasteiger partial charge < -0.3 is 5.32 Å². The average Bonchev–Trinajstić information content (AvgIpc) is 2.39. The third kappa shape index (κ3) is 5.90. The van der Waals surface area contributed by atoms with Gasteiger partial charge >= 0.3 is 0 Å². The van der Waals surface area contributed by atoms with Crippen LogP contribution in [-0.4, -0.2) is 12.6 Å². The monoisotopic (exact) mass is 239 g/mol. The fourth-order valence-electron chi connectivity index (χ4n) is 3.08. The van der Waals surface area contributed by atoms with Gasteiger partial charge in [-0.15, -0.1) is 0 Å². The molecule has 0 aromatic carbocycles. The lowest BCUT2D eigenvalue weighted by molar-refractivity contribution is 0.253. The van der Waals surface area contributed by atoms with E-state index in [1.54, 1.807) is 0 Å². The molecule has 1 nitrogen and oxygen atoms in total. The van der Waals surface area contributed by atoms with E-state index in [9.17, 15) is 0 Å². The molecule has 1 aliphatic rings. The summed E-state index contributed by atoms with van der Waals surface area (Å²) >= 11 is 0. The van der Waals surface area contributed by atoms with Crippen LogP contribution in [0.15, 0.2) is 0 Å². The van der Waals surface area contributed by atoms with Crippen LogP contribution in [0.2, 0.25) is 0 Å². The van der Waals surface area contributed by atoms with Crippen LogP contribution in [0.1, 0.15) is 78.6 Å². The number of unbranched alkanes of at least 4 members (excludes halogenated alkanes) is 1. The summed E-state index contributed by atoms with van der Waals surface area (Å²) in [6, 6.07) is 0.777. The summed E-state index contributed by atoms with van der Waals surface area (Å²) in [5, 5.41) is 3.81. The third-order valence-electron chi connectivity index (χ3n) is 4.64. The van der Waals surface area contributed by atoms with Crippen molar-refractivity contribution >= 4 is 0 Å². The molecule has 0 amide bonds. The van der Waals surface area contributed by atoms with Gasteiger partial charge in [0.1, 0.15) is 0 Å². The van der Waals surface area contributed by atoms with Crippen LogP contribution in [0.3, 0.4) is 0 Å². The Hall–Kier alpha value is -0.0400. The summed E-state index contributed by atoms with van der Waals surface area (Å²) in [6.45, 7) is 8.24. The molecule has 0 saturated heterocycles. The van der Waals surface area contributed by atoms with Crippen molar-refractivity contribution < 1.29 is 0 Å². The summed E-state index contributed by atoms with van der Waals surface area (Å²) < 4.78 is 0. The Morgan fingerprint density at radius 2 is 1.65 bits per heavy atom. The van der Waals surface area contributed by atoms with E-state index in [1.165, 1.54) is 64.3 Å². The number of hydrogen-bond donors (Lipinski definition) is 1. The van der Waals surface area contributed by atoms with Crippen LogP contribution in [-0.2, 0) is 0 Å². The highest BCUT2D eigenvalue weighted by molar-refractivity contribution is 4.75. The first-order chi connectivity index (χ1) is 8.30. The second-order valence-corrected chi connectivity index (χ2v) is 5.95. The number of hydrogen-bond acceptors (Lipinski definition) is 1. The standard InChI is InChI=1S/C16H33N/c1-4-7-8-16(6-3)17-13-15-11-9-14(5-2)10-12-15/h14-17H,4-13H2,1-3H3. The van der Waals surface area contributed by atoms with Crippen molar-refractivity contribution in [3.8, 4) is 0 Å². The van der Waals surface area contributed by atoms with E-state index in [0.29, 0.717) is 0 Å². The average molecular weight is 239 g/mol. The van der Waals surface area contributed by atoms with Gasteiger partial charge in [-0.3, -0.25) is 0 Å². The van der Waals surface area contributed by atoms with Crippen LogP contribution in [0.5, 0.6) is 0 Å². The number of nitrogens with one attached hydrogen (secondary N) is 1. The molecule has 17 heavy (non-hydrogen) atoms. The molecule has 1 N–H and O–H groups in total. The van der Waals surface area contributed by atoms with Crippen LogP contribution in [0, 0.1) is 11.8 Å².